The van der Waals surface area contributed by atoms with E-state index >= 15 is 0 Å². The number of H-pyrrole nitrogens is 1. The Morgan fingerprint density at radius 2 is 1.82 bits per heavy atom. The van der Waals surface area contributed by atoms with E-state index in [2.05, 4.69) is 10.3 Å². The molecule has 1 amide bonds. The molecule has 28 heavy (non-hydrogen) atoms. The number of aromatic amines is 1. The number of benzene rings is 2. The molecule has 0 saturated heterocycles. The summed E-state index contributed by atoms with van der Waals surface area (Å²) in [5.41, 5.74) is 2.45. The fraction of sp³-hybridized carbons (Fsp3) is 0.238. The number of anilines is 1. The number of aliphatic hydroxyl groups is 1. The molecule has 7 heteroatoms. The van der Waals surface area contributed by atoms with Crippen LogP contribution in [0.1, 0.15) is 27.8 Å². The molecule has 0 radical (unpaired) electrons. The van der Waals surface area contributed by atoms with Crippen LogP contribution in [0, 0.1) is 0 Å². The number of carbonyl (C=O) groups excluding carboxylic acids is 2. The van der Waals surface area contributed by atoms with Crippen molar-refractivity contribution in [1.82, 2.24) is 4.98 Å². The van der Waals surface area contributed by atoms with Gasteiger partial charge in [0.05, 0.1) is 19.8 Å². The van der Waals surface area contributed by atoms with Crippen LogP contribution in [0.2, 0.25) is 0 Å². The minimum atomic E-state index is -0.272. The molecule has 7 nitrogen and oxygen atoms in total. The van der Waals surface area contributed by atoms with E-state index in [1.165, 1.54) is 6.92 Å². The zero-order chi connectivity index (χ0) is 19.9. The van der Waals surface area contributed by atoms with E-state index < -0.39 is 0 Å². The number of Topliss-reactive ketones (excluding diaryl/α,β-unsaturated/α-hetero) is 1. The second-order valence-corrected chi connectivity index (χ2v) is 6.20. The van der Waals surface area contributed by atoms with Gasteiger partial charge in [0.2, 0.25) is 0 Å². The zero-order valence-electron chi connectivity index (χ0n) is 15.5. The van der Waals surface area contributed by atoms with Gasteiger partial charge in [-0.1, -0.05) is 0 Å². The zero-order valence-corrected chi connectivity index (χ0v) is 15.5. The molecular weight excluding hydrogens is 360 g/mol. The molecule has 0 atom stereocenters. The first-order chi connectivity index (χ1) is 13.6. The van der Waals surface area contributed by atoms with Crippen molar-refractivity contribution in [3.05, 3.63) is 59.8 Å². The van der Waals surface area contributed by atoms with Crippen molar-refractivity contribution >= 4 is 28.3 Å². The van der Waals surface area contributed by atoms with Gasteiger partial charge in [-0.05, 0) is 55.5 Å². The Bertz CT molecular complexity index is 963. The van der Waals surface area contributed by atoms with Gasteiger partial charge in [-0.3, -0.25) is 9.59 Å². The fourth-order valence-corrected chi connectivity index (χ4v) is 2.69. The Labute approximate surface area is 162 Å². The summed E-state index contributed by atoms with van der Waals surface area (Å²) in [5.74, 6) is 0.371. The molecule has 0 aliphatic rings. The van der Waals surface area contributed by atoms with Crippen LogP contribution >= 0.6 is 0 Å². The van der Waals surface area contributed by atoms with Crippen LogP contribution in [-0.2, 0) is 4.74 Å². The molecule has 146 valence electrons. The van der Waals surface area contributed by atoms with Crippen LogP contribution in [0.5, 0.6) is 5.75 Å². The number of ketones is 1. The summed E-state index contributed by atoms with van der Waals surface area (Å²) in [6.07, 6.45) is 0. The average Bonchev–Trinajstić information content (AvgIpc) is 3.12. The molecule has 0 saturated carbocycles. The standard InChI is InChI=1S/C21H22N2O5/c1-14(25)15-2-7-19-16(12-15)13-20(23-19)21(26)22-17-3-5-18(6-4-17)28-11-10-27-9-8-24/h2-7,12-13,23-24H,8-11H2,1H3,(H,22,26). The summed E-state index contributed by atoms with van der Waals surface area (Å²) in [6.45, 7) is 2.56. The van der Waals surface area contributed by atoms with Crippen LogP contribution in [0.25, 0.3) is 10.9 Å². The van der Waals surface area contributed by atoms with Gasteiger partial charge in [0.25, 0.3) is 5.91 Å². The number of hydrogen-bond donors (Lipinski definition) is 3. The highest BCUT2D eigenvalue weighted by Crippen LogP contribution is 2.20. The third-order valence-electron chi connectivity index (χ3n) is 4.12. The van der Waals surface area contributed by atoms with Crippen LogP contribution < -0.4 is 10.1 Å². The minimum Gasteiger partial charge on any atom is -0.491 e. The second kappa shape index (κ2) is 9.16. The molecule has 0 unspecified atom stereocenters. The summed E-state index contributed by atoms with van der Waals surface area (Å²) < 4.78 is 10.6. The molecule has 3 aromatic rings. The van der Waals surface area contributed by atoms with Crippen LogP contribution in [0.15, 0.2) is 48.5 Å². The first-order valence-electron chi connectivity index (χ1n) is 8.93. The Morgan fingerprint density at radius 3 is 2.54 bits per heavy atom. The van der Waals surface area contributed by atoms with Crippen molar-refractivity contribution < 1.29 is 24.2 Å². The number of aromatic nitrogens is 1. The van der Waals surface area contributed by atoms with Crippen molar-refractivity contribution in [1.29, 1.82) is 0 Å². The van der Waals surface area contributed by atoms with Crippen molar-refractivity contribution in [3.63, 3.8) is 0 Å². The number of fused-ring (bicyclic) bond motifs is 1. The maximum Gasteiger partial charge on any atom is 0.272 e. The van der Waals surface area contributed by atoms with Gasteiger partial charge in [-0.25, -0.2) is 0 Å². The molecule has 1 heterocycles. The SMILES string of the molecule is CC(=O)c1ccc2[nH]c(C(=O)Nc3ccc(OCCOCCO)cc3)cc2c1. The Hall–Kier alpha value is -3.16. The lowest BCUT2D eigenvalue weighted by Gasteiger charge is -2.08. The van der Waals surface area contributed by atoms with Crippen LogP contribution in [-0.4, -0.2) is 48.2 Å². The number of hydrogen-bond acceptors (Lipinski definition) is 5. The molecule has 0 fully saturated rings. The average molecular weight is 382 g/mol. The maximum atomic E-state index is 12.5. The van der Waals surface area contributed by atoms with Gasteiger partial charge in [-0.15, -0.1) is 0 Å². The molecule has 3 N–H and O–H groups in total. The predicted molar refractivity (Wildman–Crippen MR) is 106 cm³/mol. The van der Waals surface area contributed by atoms with Crippen molar-refractivity contribution in [2.24, 2.45) is 0 Å². The highest BCUT2D eigenvalue weighted by Gasteiger charge is 2.11. The number of amides is 1. The molecule has 3 rings (SSSR count). The number of rotatable bonds is 9. The molecular formula is C21H22N2O5. The van der Waals surface area contributed by atoms with Crippen LogP contribution in [0.4, 0.5) is 5.69 Å². The summed E-state index contributed by atoms with van der Waals surface area (Å²) in [5, 5.41) is 12.3. The van der Waals surface area contributed by atoms with E-state index in [1.807, 2.05) is 0 Å². The van der Waals surface area contributed by atoms with Crippen molar-refractivity contribution in [2.45, 2.75) is 6.92 Å². The fourth-order valence-electron chi connectivity index (χ4n) is 2.69. The molecule has 2 aromatic carbocycles. The molecule has 1 aromatic heterocycles. The third kappa shape index (κ3) is 4.97. The summed E-state index contributed by atoms with van der Waals surface area (Å²) in [6, 6.07) is 14.0. The number of carbonyl (C=O) groups is 2. The van der Waals surface area contributed by atoms with E-state index in [0.29, 0.717) is 35.9 Å². The van der Waals surface area contributed by atoms with Gasteiger partial charge in [-0.2, -0.15) is 0 Å². The second-order valence-electron chi connectivity index (χ2n) is 6.20. The van der Waals surface area contributed by atoms with Gasteiger partial charge < -0.3 is 24.9 Å². The quantitative estimate of drug-likeness (QED) is 0.390. The van der Waals surface area contributed by atoms with E-state index in [4.69, 9.17) is 14.6 Å². The van der Waals surface area contributed by atoms with Gasteiger partial charge in [0.15, 0.2) is 5.78 Å². The summed E-state index contributed by atoms with van der Waals surface area (Å²) in [7, 11) is 0. The minimum absolute atomic E-state index is 0.0113. The monoisotopic (exact) mass is 382 g/mol. The number of nitrogens with one attached hydrogen (secondary N) is 2. The van der Waals surface area contributed by atoms with Gasteiger partial charge >= 0.3 is 0 Å². The topological polar surface area (TPSA) is 101 Å². The van der Waals surface area contributed by atoms with Crippen molar-refractivity contribution in [2.75, 3.05) is 31.7 Å². The normalized spacial score (nSPS) is 10.8. The lowest BCUT2D eigenvalue weighted by atomic mass is 10.1. The third-order valence-corrected chi connectivity index (χ3v) is 4.12. The highest BCUT2D eigenvalue weighted by molar-refractivity contribution is 6.06. The molecule has 0 bridgehead atoms. The largest absolute Gasteiger partial charge is 0.491 e. The van der Waals surface area contributed by atoms with Gasteiger partial charge in [0, 0.05) is 22.2 Å². The Morgan fingerprint density at radius 1 is 1.04 bits per heavy atom. The number of aliphatic hydroxyl groups excluding tert-OH is 1. The lowest BCUT2D eigenvalue weighted by Crippen LogP contribution is -2.12. The van der Waals surface area contributed by atoms with E-state index in [9.17, 15) is 9.59 Å². The van der Waals surface area contributed by atoms with Crippen molar-refractivity contribution in [3.8, 4) is 5.75 Å². The van der Waals surface area contributed by atoms with E-state index in [1.54, 1.807) is 48.5 Å². The van der Waals surface area contributed by atoms with E-state index in [0.717, 1.165) is 10.9 Å². The molecule has 0 aliphatic carbocycles. The lowest BCUT2D eigenvalue weighted by molar-refractivity contribution is 0.0705. The first kappa shape index (κ1) is 19.6. The summed E-state index contributed by atoms with van der Waals surface area (Å²) >= 11 is 0. The van der Waals surface area contributed by atoms with Gasteiger partial charge in [0.1, 0.15) is 18.1 Å². The molecule has 0 aliphatic heterocycles. The van der Waals surface area contributed by atoms with Crippen LogP contribution in [0.3, 0.4) is 0 Å². The first-order valence-corrected chi connectivity index (χ1v) is 8.93. The highest BCUT2D eigenvalue weighted by atomic mass is 16.5. The predicted octanol–water partition coefficient (Wildman–Crippen LogP) is 3.01. The maximum absolute atomic E-state index is 12.5. The smallest absolute Gasteiger partial charge is 0.272 e. The Balaban J connectivity index is 1.59. The Kier molecular flexibility index (Phi) is 6.41. The molecule has 0 spiro atoms. The number of ether oxygens (including phenoxy) is 2. The summed E-state index contributed by atoms with van der Waals surface area (Å²) in [4.78, 5) is 27.0. The van der Waals surface area contributed by atoms with E-state index in [-0.39, 0.29) is 24.9 Å².